The molecule has 0 atom stereocenters. The Labute approximate surface area is 122 Å². The highest BCUT2D eigenvalue weighted by Crippen LogP contribution is 2.52. The quantitative estimate of drug-likeness (QED) is 0.482. The van der Waals surface area contributed by atoms with Gasteiger partial charge in [-0.15, -0.1) is 0 Å². The summed E-state index contributed by atoms with van der Waals surface area (Å²) in [7, 11) is 1.24. The Morgan fingerprint density at radius 2 is 2.24 bits per heavy atom. The molecule has 2 fully saturated rings. The van der Waals surface area contributed by atoms with Crippen LogP contribution in [0.4, 0.5) is 11.5 Å². The van der Waals surface area contributed by atoms with Crippen molar-refractivity contribution in [2.75, 3.05) is 25.1 Å². The van der Waals surface area contributed by atoms with Gasteiger partial charge >= 0.3 is 11.7 Å². The zero-order valence-electron chi connectivity index (χ0n) is 11.9. The standard InChI is InChI=1S/C14H17N3O4/c1-21-13(18)10-7-11(17(19)20)12(15-8-10)16-6-2-3-14(9-16)4-5-14/h7-8H,2-6,9H2,1H3. The van der Waals surface area contributed by atoms with Crippen LogP contribution in [0.2, 0.25) is 0 Å². The number of piperidine rings is 1. The fraction of sp³-hybridized carbons (Fsp3) is 0.571. The van der Waals surface area contributed by atoms with E-state index in [2.05, 4.69) is 9.72 Å². The molecule has 2 aliphatic rings. The van der Waals surface area contributed by atoms with E-state index in [0.717, 1.165) is 19.5 Å². The molecule has 0 bridgehead atoms. The van der Waals surface area contributed by atoms with Crippen LogP contribution in [0.1, 0.15) is 36.0 Å². The average molecular weight is 291 g/mol. The van der Waals surface area contributed by atoms with Crippen molar-refractivity contribution in [2.45, 2.75) is 25.7 Å². The van der Waals surface area contributed by atoms with Crippen molar-refractivity contribution < 1.29 is 14.5 Å². The van der Waals surface area contributed by atoms with Crippen LogP contribution < -0.4 is 4.90 Å². The SMILES string of the molecule is COC(=O)c1cnc(N2CCCC3(CC3)C2)c([N+](=O)[O-])c1. The van der Waals surface area contributed by atoms with Crippen LogP contribution in [0, 0.1) is 15.5 Å². The number of nitrogens with zero attached hydrogens (tertiary/aromatic N) is 3. The number of carbonyl (C=O) groups is 1. The fourth-order valence-electron chi connectivity index (χ4n) is 3.03. The van der Waals surface area contributed by atoms with Crippen LogP contribution in [-0.4, -0.2) is 36.1 Å². The van der Waals surface area contributed by atoms with Gasteiger partial charge in [0.15, 0.2) is 0 Å². The van der Waals surface area contributed by atoms with E-state index in [1.165, 1.54) is 38.6 Å². The van der Waals surface area contributed by atoms with Crippen LogP contribution in [-0.2, 0) is 4.74 Å². The molecule has 0 amide bonds. The Balaban J connectivity index is 1.93. The van der Waals surface area contributed by atoms with E-state index in [-0.39, 0.29) is 11.3 Å². The molecule has 1 spiro atoms. The molecule has 1 aromatic heterocycles. The summed E-state index contributed by atoms with van der Waals surface area (Å²) in [5.41, 5.74) is 0.316. The van der Waals surface area contributed by atoms with Gasteiger partial charge in [-0.05, 0) is 31.1 Å². The number of nitro groups is 1. The number of rotatable bonds is 3. The molecule has 1 saturated carbocycles. The zero-order chi connectivity index (χ0) is 15.0. The molecule has 1 saturated heterocycles. The van der Waals surface area contributed by atoms with Gasteiger partial charge in [0.05, 0.1) is 17.6 Å². The first-order valence-electron chi connectivity index (χ1n) is 7.02. The summed E-state index contributed by atoms with van der Waals surface area (Å²) in [6, 6.07) is 1.25. The zero-order valence-corrected chi connectivity index (χ0v) is 11.9. The van der Waals surface area contributed by atoms with Crippen LogP contribution in [0.3, 0.4) is 0 Å². The van der Waals surface area contributed by atoms with E-state index in [1.54, 1.807) is 0 Å². The molecule has 1 aliphatic heterocycles. The first-order chi connectivity index (χ1) is 10.0. The summed E-state index contributed by atoms with van der Waals surface area (Å²) in [5.74, 6) is -0.256. The Kier molecular flexibility index (Phi) is 3.27. The number of pyridine rings is 1. The maximum atomic E-state index is 11.5. The maximum Gasteiger partial charge on any atom is 0.339 e. The first-order valence-corrected chi connectivity index (χ1v) is 7.02. The molecule has 7 nitrogen and oxygen atoms in total. The minimum atomic E-state index is -0.616. The van der Waals surface area contributed by atoms with Crippen molar-refractivity contribution in [2.24, 2.45) is 5.41 Å². The van der Waals surface area contributed by atoms with Crippen LogP contribution in [0.5, 0.6) is 0 Å². The molecule has 0 aromatic carbocycles. The predicted molar refractivity (Wildman–Crippen MR) is 75.3 cm³/mol. The largest absolute Gasteiger partial charge is 0.465 e. The average Bonchev–Trinajstić information content (AvgIpc) is 3.24. The van der Waals surface area contributed by atoms with Crippen molar-refractivity contribution in [1.82, 2.24) is 4.98 Å². The van der Waals surface area contributed by atoms with Crippen LogP contribution in [0.25, 0.3) is 0 Å². The third-order valence-electron chi connectivity index (χ3n) is 4.38. The molecule has 3 rings (SSSR count). The van der Waals surface area contributed by atoms with Gasteiger partial charge in [0, 0.05) is 25.4 Å². The van der Waals surface area contributed by atoms with Crippen molar-refractivity contribution in [3.8, 4) is 0 Å². The van der Waals surface area contributed by atoms with E-state index in [9.17, 15) is 14.9 Å². The topological polar surface area (TPSA) is 85.6 Å². The van der Waals surface area contributed by atoms with Gasteiger partial charge in [-0.25, -0.2) is 9.78 Å². The van der Waals surface area contributed by atoms with Gasteiger partial charge < -0.3 is 9.64 Å². The van der Waals surface area contributed by atoms with Gasteiger partial charge in [-0.1, -0.05) is 0 Å². The Bertz CT molecular complexity index is 598. The van der Waals surface area contributed by atoms with E-state index < -0.39 is 10.9 Å². The summed E-state index contributed by atoms with van der Waals surface area (Å²) in [6.07, 6.45) is 5.95. The molecule has 0 unspecified atom stereocenters. The van der Waals surface area contributed by atoms with Crippen molar-refractivity contribution >= 4 is 17.5 Å². The van der Waals surface area contributed by atoms with Gasteiger partial charge in [-0.3, -0.25) is 10.1 Å². The highest BCUT2D eigenvalue weighted by atomic mass is 16.6. The lowest BCUT2D eigenvalue weighted by atomic mass is 9.95. The molecular weight excluding hydrogens is 274 g/mol. The van der Waals surface area contributed by atoms with Crippen molar-refractivity contribution in [3.63, 3.8) is 0 Å². The lowest BCUT2D eigenvalue weighted by Gasteiger charge is -2.33. The third-order valence-corrected chi connectivity index (χ3v) is 4.38. The highest BCUT2D eigenvalue weighted by Gasteiger charge is 2.46. The molecule has 112 valence electrons. The van der Waals surface area contributed by atoms with Crippen molar-refractivity contribution in [3.05, 3.63) is 27.9 Å². The maximum absolute atomic E-state index is 11.5. The molecule has 1 aromatic rings. The molecule has 0 radical (unpaired) electrons. The normalized spacial score (nSPS) is 19.4. The van der Waals surface area contributed by atoms with E-state index in [1.807, 2.05) is 4.90 Å². The summed E-state index contributed by atoms with van der Waals surface area (Å²) in [5, 5.41) is 11.3. The van der Waals surface area contributed by atoms with Crippen LogP contribution >= 0.6 is 0 Å². The third kappa shape index (κ3) is 2.55. The number of hydrogen-bond acceptors (Lipinski definition) is 6. The molecule has 2 heterocycles. The van der Waals surface area contributed by atoms with Gasteiger partial charge in [0.1, 0.15) is 0 Å². The summed E-state index contributed by atoms with van der Waals surface area (Å²) >= 11 is 0. The minimum absolute atomic E-state index is 0.103. The highest BCUT2D eigenvalue weighted by molar-refractivity contribution is 5.90. The van der Waals surface area contributed by atoms with E-state index >= 15 is 0 Å². The number of ether oxygens (including phenoxy) is 1. The number of anilines is 1. The molecule has 0 N–H and O–H groups in total. The number of aromatic nitrogens is 1. The second-order valence-corrected chi connectivity index (χ2v) is 5.84. The van der Waals surface area contributed by atoms with Gasteiger partial charge in [-0.2, -0.15) is 0 Å². The van der Waals surface area contributed by atoms with Crippen LogP contribution in [0.15, 0.2) is 12.3 Å². The molecule has 7 heteroatoms. The summed E-state index contributed by atoms with van der Waals surface area (Å²) < 4.78 is 4.58. The van der Waals surface area contributed by atoms with Gasteiger partial charge in [0.25, 0.3) is 0 Å². The lowest BCUT2D eigenvalue weighted by molar-refractivity contribution is -0.384. The lowest BCUT2D eigenvalue weighted by Crippen LogP contribution is -2.37. The molecule has 1 aliphatic carbocycles. The predicted octanol–water partition coefficient (Wildman–Crippen LogP) is 2.16. The Hall–Kier alpha value is -2.18. The minimum Gasteiger partial charge on any atom is -0.465 e. The number of hydrogen-bond donors (Lipinski definition) is 0. The van der Waals surface area contributed by atoms with E-state index in [4.69, 9.17) is 0 Å². The first kappa shape index (κ1) is 13.8. The number of esters is 1. The summed E-state index contributed by atoms with van der Waals surface area (Å²) in [4.78, 5) is 28.4. The second-order valence-electron chi connectivity index (χ2n) is 5.84. The summed E-state index contributed by atoms with van der Waals surface area (Å²) in [6.45, 7) is 1.59. The van der Waals surface area contributed by atoms with E-state index in [0.29, 0.717) is 11.2 Å². The van der Waals surface area contributed by atoms with Gasteiger partial charge in [0.2, 0.25) is 5.82 Å². The smallest absolute Gasteiger partial charge is 0.339 e. The number of methoxy groups -OCH3 is 1. The molecular formula is C14H17N3O4. The number of carbonyl (C=O) groups excluding carboxylic acids is 1. The molecule has 21 heavy (non-hydrogen) atoms. The second kappa shape index (κ2) is 4.98. The fourth-order valence-corrected chi connectivity index (χ4v) is 3.03. The van der Waals surface area contributed by atoms with Crippen molar-refractivity contribution in [1.29, 1.82) is 0 Å². The Morgan fingerprint density at radius 1 is 1.48 bits per heavy atom. The Morgan fingerprint density at radius 3 is 2.86 bits per heavy atom. The monoisotopic (exact) mass is 291 g/mol.